The van der Waals surface area contributed by atoms with Crippen molar-refractivity contribution in [1.82, 2.24) is 0 Å². The molecule has 0 aliphatic rings. The molecule has 1 unspecified atom stereocenters. The topological polar surface area (TPSA) is 49.3 Å². The van der Waals surface area contributed by atoms with Gasteiger partial charge in [0.2, 0.25) is 0 Å². The van der Waals surface area contributed by atoms with E-state index >= 15 is 0 Å². The van der Waals surface area contributed by atoms with Crippen molar-refractivity contribution in [2.75, 3.05) is 5.32 Å². The van der Waals surface area contributed by atoms with Gasteiger partial charge < -0.3 is 10.4 Å². The Labute approximate surface area is 94.7 Å². The summed E-state index contributed by atoms with van der Waals surface area (Å²) in [5, 5.41) is 11.4. The molecular weight excluding hydrogens is 265 g/mol. The number of nitrogens with one attached hydrogen (secondary N) is 1. The molecule has 1 rings (SSSR count). The summed E-state index contributed by atoms with van der Waals surface area (Å²) in [6.07, 6.45) is 1.26. The summed E-state index contributed by atoms with van der Waals surface area (Å²) in [6.45, 7) is 3.39. The van der Waals surface area contributed by atoms with Gasteiger partial charge in [-0.1, -0.05) is 6.08 Å². The van der Waals surface area contributed by atoms with E-state index in [-0.39, 0.29) is 0 Å². The van der Waals surface area contributed by atoms with Crippen molar-refractivity contribution in [3.63, 3.8) is 0 Å². The Hall–Kier alpha value is -1.36. The van der Waals surface area contributed by atoms with E-state index < -0.39 is 17.8 Å². The number of halogens is 2. The van der Waals surface area contributed by atoms with E-state index in [0.29, 0.717) is 10.2 Å². The summed E-state index contributed by atoms with van der Waals surface area (Å²) in [4.78, 5) is 10.7. The van der Waals surface area contributed by atoms with Crippen LogP contribution in [0.2, 0.25) is 0 Å². The van der Waals surface area contributed by atoms with Crippen LogP contribution in [0, 0.1) is 5.82 Å². The molecule has 80 valence electrons. The van der Waals surface area contributed by atoms with Crippen LogP contribution in [-0.4, -0.2) is 17.1 Å². The highest BCUT2D eigenvalue weighted by Crippen LogP contribution is 2.23. The average molecular weight is 274 g/mol. The second kappa shape index (κ2) is 4.93. The lowest BCUT2D eigenvalue weighted by Crippen LogP contribution is -2.26. The zero-order valence-corrected chi connectivity index (χ0v) is 9.29. The third-order valence-electron chi connectivity index (χ3n) is 1.74. The number of benzene rings is 1. The Balaban J connectivity index is 2.88. The van der Waals surface area contributed by atoms with Crippen molar-refractivity contribution in [3.05, 3.63) is 41.1 Å². The predicted molar refractivity (Wildman–Crippen MR) is 59.3 cm³/mol. The monoisotopic (exact) mass is 273 g/mol. The number of carboxylic acids is 1. The minimum absolute atomic E-state index is 0.391. The smallest absolute Gasteiger partial charge is 0.330 e. The molecule has 0 aliphatic heterocycles. The largest absolute Gasteiger partial charge is 0.479 e. The fourth-order valence-corrected chi connectivity index (χ4v) is 1.46. The zero-order chi connectivity index (χ0) is 11.4. The van der Waals surface area contributed by atoms with Crippen molar-refractivity contribution in [1.29, 1.82) is 0 Å². The molecule has 0 saturated heterocycles. The van der Waals surface area contributed by atoms with Gasteiger partial charge in [-0.2, -0.15) is 0 Å². The molecule has 2 N–H and O–H groups in total. The molecule has 1 aromatic carbocycles. The van der Waals surface area contributed by atoms with Crippen LogP contribution in [0.25, 0.3) is 0 Å². The molecule has 0 saturated carbocycles. The van der Waals surface area contributed by atoms with E-state index in [1.807, 2.05) is 0 Å². The molecule has 0 amide bonds. The standard InChI is InChI=1S/C10H9BrFNO2/c1-2-8(10(14)15)13-9-4-3-6(12)5-7(9)11/h2-5,8,13H,1H2,(H,14,15). The molecule has 15 heavy (non-hydrogen) atoms. The molecule has 0 radical (unpaired) electrons. The Bertz CT molecular complexity index is 395. The lowest BCUT2D eigenvalue weighted by atomic mass is 10.2. The van der Waals surface area contributed by atoms with Crippen LogP contribution >= 0.6 is 15.9 Å². The molecule has 1 atom stereocenters. The first-order valence-corrected chi connectivity index (χ1v) is 4.91. The van der Waals surface area contributed by atoms with Gasteiger partial charge in [-0.25, -0.2) is 9.18 Å². The van der Waals surface area contributed by atoms with E-state index in [2.05, 4.69) is 27.8 Å². The van der Waals surface area contributed by atoms with Crippen molar-refractivity contribution < 1.29 is 14.3 Å². The van der Waals surface area contributed by atoms with Crippen molar-refractivity contribution in [2.24, 2.45) is 0 Å². The fraction of sp³-hybridized carbons (Fsp3) is 0.100. The third-order valence-corrected chi connectivity index (χ3v) is 2.40. The first-order chi connectivity index (χ1) is 7.04. The van der Waals surface area contributed by atoms with Crippen LogP contribution in [0.3, 0.4) is 0 Å². The molecule has 0 spiro atoms. The van der Waals surface area contributed by atoms with Gasteiger partial charge in [-0.3, -0.25) is 0 Å². The Morgan fingerprint density at radius 3 is 2.80 bits per heavy atom. The summed E-state index contributed by atoms with van der Waals surface area (Å²) >= 11 is 3.12. The Morgan fingerprint density at radius 1 is 1.67 bits per heavy atom. The summed E-state index contributed by atoms with van der Waals surface area (Å²) in [6, 6.07) is 3.06. The normalized spacial score (nSPS) is 11.9. The number of rotatable bonds is 4. The minimum Gasteiger partial charge on any atom is -0.479 e. The summed E-state index contributed by atoms with van der Waals surface area (Å²) < 4.78 is 13.2. The molecular formula is C10H9BrFNO2. The van der Waals surface area contributed by atoms with E-state index in [0.717, 1.165) is 0 Å². The Morgan fingerprint density at radius 2 is 2.33 bits per heavy atom. The van der Waals surface area contributed by atoms with Gasteiger partial charge in [0.15, 0.2) is 0 Å². The molecule has 0 aromatic heterocycles. The molecule has 1 aromatic rings. The van der Waals surface area contributed by atoms with Crippen LogP contribution in [0.4, 0.5) is 10.1 Å². The summed E-state index contributed by atoms with van der Waals surface area (Å²) in [5.41, 5.74) is 0.503. The van der Waals surface area contributed by atoms with Crippen LogP contribution in [-0.2, 0) is 4.79 Å². The first kappa shape index (κ1) is 11.7. The predicted octanol–water partition coefficient (Wildman–Crippen LogP) is 2.64. The lowest BCUT2D eigenvalue weighted by Gasteiger charge is -2.12. The molecule has 0 fully saturated rings. The molecule has 0 bridgehead atoms. The van der Waals surface area contributed by atoms with Crippen LogP contribution in [0.1, 0.15) is 0 Å². The summed E-state index contributed by atoms with van der Waals surface area (Å²) in [5.74, 6) is -1.43. The van der Waals surface area contributed by atoms with Gasteiger partial charge in [-0.05, 0) is 34.1 Å². The van der Waals surface area contributed by atoms with Crippen molar-refractivity contribution in [3.8, 4) is 0 Å². The highest BCUT2D eigenvalue weighted by Gasteiger charge is 2.13. The van der Waals surface area contributed by atoms with Gasteiger partial charge in [-0.15, -0.1) is 6.58 Å². The number of carbonyl (C=O) groups is 1. The van der Waals surface area contributed by atoms with Crippen LogP contribution in [0.5, 0.6) is 0 Å². The number of hydrogen-bond acceptors (Lipinski definition) is 2. The first-order valence-electron chi connectivity index (χ1n) is 4.11. The number of carboxylic acid groups (broad SMARTS) is 1. The van der Waals surface area contributed by atoms with Crippen LogP contribution < -0.4 is 5.32 Å². The number of aliphatic carboxylic acids is 1. The number of anilines is 1. The van der Waals surface area contributed by atoms with Crippen LogP contribution in [0.15, 0.2) is 35.3 Å². The zero-order valence-electron chi connectivity index (χ0n) is 7.71. The van der Waals surface area contributed by atoms with Gasteiger partial charge in [0.1, 0.15) is 11.9 Å². The maximum Gasteiger partial charge on any atom is 0.330 e. The molecule has 0 heterocycles. The van der Waals surface area contributed by atoms with Crippen molar-refractivity contribution in [2.45, 2.75) is 6.04 Å². The lowest BCUT2D eigenvalue weighted by molar-refractivity contribution is -0.136. The second-order valence-electron chi connectivity index (χ2n) is 2.82. The quantitative estimate of drug-likeness (QED) is 0.830. The van der Waals surface area contributed by atoms with E-state index in [1.165, 1.54) is 24.3 Å². The van der Waals surface area contributed by atoms with Gasteiger partial charge in [0.05, 0.1) is 0 Å². The van der Waals surface area contributed by atoms with Gasteiger partial charge >= 0.3 is 5.97 Å². The molecule has 3 nitrogen and oxygen atoms in total. The number of hydrogen-bond donors (Lipinski definition) is 2. The van der Waals surface area contributed by atoms with Gasteiger partial charge in [0.25, 0.3) is 0 Å². The fourth-order valence-electron chi connectivity index (χ4n) is 0.996. The second-order valence-corrected chi connectivity index (χ2v) is 3.67. The maximum atomic E-state index is 12.7. The highest BCUT2D eigenvalue weighted by atomic mass is 79.9. The SMILES string of the molecule is C=CC(Nc1ccc(F)cc1Br)C(=O)O. The Kier molecular flexibility index (Phi) is 3.85. The molecule has 5 heteroatoms. The van der Waals surface area contributed by atoms with Gasteiger partial charge in [0, 0.05) is 10.2 Å². The maximum absolute atomic E-state index is 12.7. The van der Waals surface area contributed by atoms with Crippen molar-refractivity contribution >= 4 is 27.6 Å². The van der Waals surface area contributed by atoms with E-state index in [9.17, 15) is 9.18 Å². The summed E-state index contributed by atoms with van der Waals surface area (Å²) in [7, 11) is 0. The highest BCUT2D eigenvalue weighted by molar-refractivity contribution is 9.10. The van der Waals surface area contributed by atoms with E-state index in [4.69, 9.17) is 5.11 Å². The third kappa shape index (κ3) is 3.06. The van der Waals surface area contributed by atoms with E-state index in [1.54, 1.807) is 0 Å². The minimum atomic E-state index is -1.04. The average Bonchev–Trinajstić information content (AvgIpc) is 2.16. The molecule has 0 aliphatic carbocycles.